The molecule has 8 heteroatoms. The second kappa shape index (κ2) is 12.4. The highest BCUT2D eigenvalue weighted by molar-refractivity contribution is 6.33. The third kappa shape index (κ3) is 5.67. The maximum atomic E-state index is 13.9. The largest absolute Gasteiger partial charge is 0.340 e. The van der Waals surface area contributed by atoms with Crippen molar-refractivity contribution >= 4 is 23.4 Å². The highest BCUT2D eigenvalue weighted by Crippen LogP contribution is 2.30. The Balaban J connectivity index is 1.37. The Morgan fingerprint density at radius 1 is 1.00 bits per heavy atom. The molecule has 2 N–H and O–H groups in total. The van der Waals surface area contributed by atoms with Crippen LogP contribution in [0.15, 0.2) is 88.2 Å². The van der Waals surface area contributed by atoms with Gasteiger partial charge in [0.2, 0.25) is 0 Å². The van der Waals surface area contributed by atoms with E-state index in [2.05, 4.69) is 57.9 Å². The van der Waals surface area contributed by atoms with Gasteiger partial charge in [-0.05, 0) is 93.1 Å². The standard InChI is InChI=1S/C34H35ClN6O/c1-3-22-6-7-26-20-29(28-13-10-25(21-30(28)35)31-37-16-5-17-38-31)34(42)41(4-2)33(26)40-32(22)39-27-11-8-23(9-12-27)24-14-18-36-19-15-24/h5,7-13,16-17,20-21,24,36,39H,3-4,6,14-15,18-19H2,1-2H3. The van der Waals surface area contributed by atoms with E-state index in [0.29, 0.717) is 39.9 Å². The fourth-order valence-corrected chi connectivity index (χ4v) is 6.12. The first-order valence-electron chi connectivity index (χ1n) is 14.8. The number of pyridine rings is 1. The maximum Gasteiger partial charge on any atom is 0.260 e. The number of allylic oxidation sites excluding steroid dienone is 1. The van der Waals surface area contributed by atoms with E-state index < -0.39 is 0 Å². The molecule has 2 aliphatic rings. The fraction of sp³-hybridized carbons (Fsp3) is 0.294. The molecule has 0 atom stereocenters. The predicted molar refractivity (Wildman–Crippen MR) is 170 cm³/mol. The van der Waals surface area contributed by atoms with Crippen LogP contribution in [0.1, 0.15) is 51.0 Å². The van der Waals surface area contributed by atoms with Crippen LogP contribution in [-0.4, -0.2) is 27.6 Å². The number of nitrogens with zero attached hydrogens (tertiary/aromatic N) is 4. The van der Waals surface area contributed by atoms with Crippen molar-refractivity contribution in [1.29, 1.82) is 0 Å². The van der Waals surface area contributed by atoms with Crippen molar-refractivity contribution in [3.05, 3.63) is 110 Å². The molecule has 4 heterocycles. The third-order valence-corrected chi connectivity index (χ3v) is 8.53. The normalized spacial score (nSPS) is 15.4. The molecule has 0 radical (unpaired) electrons. The molecule has 7 nitrogen and oxygen atoms in total. The van der Waals surface area contributed by atoms with Crippen LogP contribution in [0, 0.1) is 0 Å². The van der Waals surface area contributed by atoms with Crippen molar-refractivity contribution < 1.29 is 0 Å². The van der Waals surface area contributed by atoms with Crippen LogP contribution >= 0.6 is 11.6 Å². The van der Waals surface area contributed by atoms with Crippen LogP contribution in [0.2, 0.25) is 5.02 Å². The summed E-state index contributed by atoms with van der Waals surface area (Å²) >= 11 is 6.76. The van der Waals surface area contributed by atoms with Gasteiger partial charge in [-0.25, -0.2) is 15.0 Å². The summed E-state index contributed by atoms with van der Waals surface area (Å²) in [6.45, 7) is 6.76. The van der Waals surface area contributed by atoms with Crippen molar-refractivity contribution in [2.24, 2.45) is 4.99 Å². The van der Waals surface area contributed by atoms with Crippen LogP contribution in [-0.2, 0) is 6.54 Å². The quantitative estimate of drug-likeness (QED) is 0.296. The Labute approximate surface area is 250 Å². The molecule has 0 unspecified atom stereocenters. The SMILES string of the molecule is CCC1=C(Nc2ccc(C3CCNCC3)cc2)N=c2c(cc(-c3ccc(-c4ncccn4)cc3Cl)c(=O)n2CC)=CC1. The minimum atomic E-state index is -0.121. The summed E-state index contributed by atoms with van der Waals surface area (Å²) in [7, 11) is 0. The van der Waals surface area contributed by atoms with E-state index in [4.69, 9.17) is 16.6 Å². The van der Waals surface area contributed by atoms with E-state index in [9.17, 15) is 4.79 Å². The molecule has 0 amide bonds. The molecule has 42 heavy (non-hydrogen) atoms. The summed E-state index contributed by atoms with van der Waals surface area (Å²) in [4.78, 5) is 27.6. The van der Waals surface area contributed by atoms with Gasteiger partial charge in [-0.3, -0.25) is 9.36 Å². The number of benzene rings is 2. The molecule has 2 aromatic heterocycles. The van der Waals surface area contributed by atoms with Crippen LogP contribution in [0.3, 0.4) is 0 Å². The van der Waals surface area contributed by atoms with Crippen LogP contribution in [0.25, 0.3) is 28.6 Å². The van der Waals surface area contributed by atoms with Crippen LogP contribution < -0.4 is 26.9 Å². The molecule has 6 rings (SSSR count). The average Bonchev–Trinajstić information content (AvgIpc) is 3.20. The Hall–Kier alpha value is -4.07. The summed E-state index contributed by atoms with van der Waals surface area (Å²) in [5, 5.41) is 8.41. The average molecular weight is 579 g/mol. The molecule has 214 valence electrons. The number of hydrogen-bond acceptors (Lipinski definition) is 6. The summed E-state index contributed by atoms with van der Waals surface area (Å²) < 4.78 is 1.74. The topological polar surface area (TPSA) is 84.2 Å². The van der Waals surface area contributed by atoms with E-state index in [1.54, 1.807) is 23.0 Å². The zero-order chi connectivity index (χ0) is 29.1. The molecule has 2 aromatic carbocycles. The minimum Gasteiger partial charge on any atom is -0.340 e. The second-order valence-corrected chi connectivity index (χ2v) is 11.2. The minimum absolute atomic E-state index is 0.121. The summed E-state index contributed by atoms with van der Waals surface area (Å²) in [6, 6.07) is 18.0. The Morgan fingerprint density at radius 2 is 1.76 bits per heavy atom. The van der Waals surface area contributed by atoms with Crippen LogP contribution in [0.5, 0.6) is 0 Å². The fourth-order valence-electron chi connectivity index (χ4n) is 5.83. The molecular weight excluding hydrogens is 544 g/mol. The number of fused-ring (bicyclic) bond motifs is 1. The van der Waals surface area contributed by atoms with Gasteiger partial charge >= 0.3 is 0 Å². The van der Waals surface area contributed by atoms with Crippen molar-refractivity contribution in [2.75, 3.05) is 18.4 Å². The smallest absolute Gasteiger partial charge is 0.260 e. The van der Waals surface area contributed by atoms with E-state index in [-0.39, 0.29) is 5.56 Å². The molecule has 2 aliphatic heterocycles. The zero-order valence-electron chi connectivity index (χ0n) is 24.0. The van der Waals surface area contributed by atoms with Crippen molar-refractivity contribution in [1.82, 2.24) is 19.9 Å². The number of nitrogens with one attached hydrogen (secondary N) is 2. The van der Waals surface area contributed by atoms with E-state index in [1.807, 2.05) is 31.2 Å². The summed E-state index contributed by atoms with van der Waals surface area (Å²) in [6.07, 6.45) is 9.50. The van der Waals surface area contributed by atoms with Gasteiger partial charge in [0.1, 0.15) is 11.3 Å². The van der Waals surface area contributed by atoms with Crippen molar-refractivity contribution in [2.45, 2.75) is 52.0 Å². The number of aromatic nitrogens is 3. The number of anilines is 1. The number of hydrogen-bond donors (Lipinski definition) is 2. The molecule has 1 fully saturated rings. The Kier molecular flexibility index (Phi) is 8.31. The number of piperidine rings is 1. The molecule has 0 spiro atoms. The van der Waals surface area contributed by atoms with Gasteiger partial charge in [-0.1, -0.05) is 48.9 Å². The number of rotatable bonds is 7. The van der Waals surface area contributed by atoms with E-state index >= 15 is 0 Å². The van der Waals surface area contributed by atoms with Gasteiger partial charge in [0, 0.05) is 51.6 Å². The lowest BCUT2D eigenvalue weighted by Crippen LogP contribution is -2.43. The van der Waals surface area contributed by atoms with Gasteiger partial charge < -0.3 is 10.6 Å². The molecule has 0 bridgehead atoms. The summed E-state index contributed by atoms with van der Waals surface area (Å²) in [5.41, 5.74) is 6.15. The molecule has 0 aliphatic carbocycles. The lowest BCUT2D eigenvalue weighted by Gasteiger charge is -2.23. The highest BCUT2D eigenvalue weighted by Gasteiger charge is 2.17. The third-order valence-electron chi connectivity index (χ3n) is 8.22. The van der Waals surface area contributed by atoms with Gasteiger partial charge in [0.15, 0.2) is 5.82 Å². The van der Waals surface area contributed by atoms with Crippen molar-refractivity contribution in [3.8, 4) is 22.5 Å². The lowest BCUT2D eigenvalue weighted by atomic mass is 9.90. The predicted octanol–water partition coefficient (Wildman–Crippen LogP) is 5.65. The Morgan fingerprint density at radius 3 is 2.45 bits per heavy atom. The van der Waals surface area contributed by atoms with E-state index in [0.717, 1.165) is 48.2 Å². The summed E-state index contributed by atoms with van der Waals surface area (Å²) in [5.74, 6) is 2.01. The molecular formula is C34H35ClN6O. The van der Waals surface area contributed by atoms with Crippen LogP contribution in [0.4, 0.5) is 5.69 Å². The first kappa shape index (κ1) is 28.1. The zero-order valence-corrected chi connectivity index (χ0v) is 24.8. The maximum absolute atomic E-state index is 13.9. The molecule has 1 saturated heterocycles. The second-order valence-electron chi connectivity index (χ2n) is 10.8. The number of halogens is 1. The monoisotopic (exact) mass is 578 g/mol. The van der Waals surface area contributed by atoms with E-state index in [1.165, 1.54) is 24.0 Å². The Bertz CT molecular complexity index is 1810. The van der Waals surface area contributed by atoms with Gasteiger partial charge in [0.05, 0.1) is 0 Å². The van der Waals surface area contributed by atoms with Crippen molar-refractivity contribution in [3.63, 3.8) is 0 Å². The highest BCUT2D eigenvalue weighted by atomic mass is 35.5. The molecule has 4 aromatic rings. The first-order valence-corrected chi connectivity index (χ1v) is 15.1. The van der Waals surface area contributed by atoms with Gasteiger partial charge in [0.25, 0.3) is 5.56 Å². The van der Waals surface area contributed by atoms with Gasteiger partial charge in [-0.2, -0.15) is 0 Å². The lowest BCUT2D eigenvalue weighted by molar-refractivity contribution is 0.460. The first-order chi connectivity index (χ1) is 20.6. The van der Waals surface area contributed by atoms with Gasteiger partial charge in [-0.15, -0.1) is 0 Å². The molecule has 0 saturated carbocycles.